The van der Waals surface area contributed by atoms with Crippen LogP contribution in [0, 0.1) is 19.7 Å². The summed E-state index contributed by atoms with van der Waals surface area (Å²) < 4.78 is 27.0. The molecule has 1 saturated heterocycles. The minimum Gasteiger partial charge on any atom is -0.405 e. The molecule has 3 aliphatic rings. The van der Waals surface area contributed by atoms with E-state index in [0.717, 1.165) is 23.2 Å². The zero-order valence-electron chi connectivity index (χ0n) is 38.4. The first-order valence-electron chi connectivity index (χ1n) is 22.3. The van der Waals surface area contributed by atoms with Gasteiger partial charge in [-0.2, -0.15) is 10.6 Å². The SMILES string of the molecule is CC.CC1(C)CCCCO1.CONC(NC=O)C1(n2c(C(=O)N3CCc4nn(-c5cc(C)c(F)c(C)c5)c(-n5ccn(-c6ccc(N)c(/C=C\N)c6)c5=O)c4C3)cc3ccccc32)CC1. The van der Waals surface area contributed by atoms with E-state index in [-0.39, 0.29) is 29.6 Å². The van der Waals surface area contributed by atoms with Crippen LogP contribution in [0.25, 0.3) is 34.2 Å². The van der Waals surface area contributed by atoms with Gasteiger partial charge in [0.05, 0.1) is 41.9 Å². The van der Waals surface area contributed by atoms with Gasteiger partial charge in [0.1, 0.15) is 23.5 Å². The highest BCUT2D eigenvalue weighted by Crippen LogP contribution is 2.49. The molecule has 344 valence electrons. The molecule has 1 atom stereocenters. The fourth-order valence-electron chi connectivity index (χ4n) is 8.98. The lowest BCUT2D eigenvalue weighted by molar-refractivity contribution is -0.112. The highest BCUT2D eigenvalue weighted by molar-refractivity contribution is 5.99. The fourth-order valence-corrected chi connectivity index (χ4v) is 8.98. The smallest absolute Gasteiger partial charge is 0.338 e. The summed E-state index contributed by atoms with van der Waals surface area (Å²) in [6.45, 7) is 13.2. The summed E-state index contributed by atoms with van der Waals surface area (Å²) in [5.74, 6) is -0.0872. The molecule has 15 nitrogen and oxygen atoms in total. The number of carbonyl (C=O) groups excluding carboxylic acids is 2. The van der Waals surface area contributed by atoms with Crippen molar-refractivity contribution < 1.29 is 23.6 Å². The van der Waals surface area contributed by atoms with Crippen LogP contribution in [-0.4, -0.2) is 72.7 Å². The molecule has 1 saturated carbocycles. The molecule has 6 aromatic rings. The molecule has 1 unspecified atom stereocenters. The van der Waals surface area contributed by atoms with Crippen LogP contribution in [0.3, 0.4) is 0 Å². The van der Waals surface area contributed by atoms with E-state index in [0.29, 0.717) is 83.0 Å². The molecular weight excluding hydrogens is 828 g/mol. The molecule has 65 heavy (non-hydrogen) atoms. The molecule has 1 aliphatic carbocycles. The number of nitrogen functional groups attached to an aromatic ring is 1. The van der Waals surface area contributed by atoms with Gasteiger partial charge in [0.15, 0.2) is 0 Å². The third-order valence-electron chi connectivity index (χ3n) is 12.4. The van der Waals surface area contributed by atoms with Gasteiger partial charge >= 0.3 is 5.69 Å². The topological polar surface area (TPSA) is 182 Å². The van der Waals surface area contributed by atoms with Gasteiger partial charge in [-0.15, -0.1) is 0 Å². The predicted octanol–water partition coefficient (Wildman–Crippen LogP) is 6.94. The Morgan fingerprint density at radius 2 is 1.71 bits per heavy atom. The van der Waals surface area contributed by atoms with E-state index in [2.05, 4.69) is 24.6 Å². The number of imidazole rings is 1. The number of hydroxylamine groups is 1. The Morgan fingerprint density at radius 1 is 0.985 bits per heavy atom. The monoisotopic (exact) mass is 888 g/mol. The largest absolute Gasteiger partial charge is 0.405 e. The molecule has 2 amide bonds. The van der Waals surface area contributed by atoms with Crippen molar-refractivity contribution in [3.63, 3.8) is 0 Å². The van der Waals surface area contributed by atoms with Crippen LogP contribution in [0.15, 0.2) is 84.1 Å². The van der Waals surface area contributed by atoms with E-state index >= 15 is 0 Å². The van der Waals surface area contributed by atoms with Gasteiger partial charge < -0.3 is 35.8 Å². The van der Waals surface area contributed by atoms with Crippen molar-refractivity contribution in [1.29, 1.82) is 0 Å². The highest BCUT2D eigenvalue weighted by Gasteiger charge is 2.54. The zero-order valence-corrected chi connectivity index (χ0v) is 38.4. The van der Waals surface area contributed by atoms with Crippen molar-refractivity contribution in [2.24, 2.45) is 5.73 Å². The standard InChI is InChI=1S/C40H41FN10O4.C7H14O.C2H6/c1-24-18-29(19-25(2)35(24)41)51-36(49-17-16-48(39(49)54)28-8-9-31(43)26(20-28)10-14-42)30-22-47(15-11-32(30)45-51)37(53)34-21-27-6-4-5-7-33(27)50(34)40(12-13-40)38(44-23-52)46-55-3;1-7(2)5-3-4-6-8-7;1-2/h4-10,14,16-21,23,38,46H,11-13,15,22,42-43H2,1-3H3,(H,44,52);3-6H2,1-2H3;1-2H3/b14-10-;;. The van der Waals surface area contributed by atoms with E-state index in [1.54, 1.807) is 72.2 Å². The number of hydrogen-bond acceptors (Lipinski definition) is 9. The van der Waals surface area contributed by atoms with Gasteiger partial charge in [-0.25, -0.2) is 13.9 Å². The van der Waals surface area contributed by atoms with Crippen LogP contribution in [0.4, 0.5) is 10.1 Å². The van der Waals surface area contributed by atoms with Crippen molar-refractivity contribution in [2.45, 2.75) is 104 Å². The molecule has 6 N–H and O–H groups in total. The van der Waals surface area contributed by atoms with Crippen molar-refractivity contribution in [3.05, 3.63) is 129 Å². The summed E-state index contributed by atoms with van der Waals surface area (Å²) >= 11 is 0. The lowest BCUT2D eigenvalue weighted by Crippen LogP contribution is -2.53. The maximum absolute atomic E-state index is 14.9. The molecule has 2 fully saturated rings. The Kier molecular flexibility index (Phi) is 13.8. The second-order valence-electron chi connectivity index (χ2n) is 17.2. The van der Waals surface area contributed by atoms with Crippen LogP contribution in [0.1, 0.15) is 98.2 Å². The van der Waals surface area contributed by atoms with Gasteiger partial charge in [-0.1, -0.05) is 32.0 Å². The first-order valence-corrected chi connectivity index (χ1v) is 22.3. The number of rotatable bonds is 11. The van der Waals surface area contributed by atoms with Gasteiger partial charge in [0.25, 0.3) is 5.91 Å². The van der Waals surface area contributed by atoms with Crippen molar-refractivity contribution in [3.8, 4) is 17.2 Å². The van der Waals surface area contributed by atoms with E-state index in [1.807, 2.05) is 48.7 Å². The molecule has 16 heteroatoms. The van der Waals surface area contributed by atoms with Gasteiger partial charge in [-0.3, -0.25) is 18.7 Å². The summed E-state index contributed by atoms with van der Waals surface area (Å²) in [4.78, 5) is 47.9. The predicted molar refractivity (Wildman–Crippen MR) is 252 cm³/mol. The summed E-state index contributed by atoms with van der Waals surface area (Å²) in [7, 11) is 1.48. The fraction of sp³-hybridized carbons (Fsp3) is 0.388. The molecule has 3 aromatic heterocycles. The number of hydrogen-bond donors (Lipinski definition) is 4. The number of amides is 2. The minimum atomic E-state index is -0.654. The molecule has 0 spiro atoms. The Labute approximate surface area is 378 Å². The number of carbonyl (C=O) groups is 2. The maximum atomic E-state index is 14.9. The molecule has 2 aliphatic heterocycles. The molecule has 3 aromatic carbocycles. The lowest BCUT2D eigenvalue weighted by atomic mass is 9.99. The molecule has 5 heterocycles. The van der Waals surface area contributed by atoms with E-state index in [4.69, 9.17) is 26.1 Å². The number of aromatic nitrogens is 5. The normalized spacial score (nSPS) is 16.5. The number of para-hydroxylation sites is 1. The van der Waals surface area contributed by atoms with Crippen molar-refractivity contribution in [1.82, 2.24) is 39.2 Å². The first-order chi connectivity index (χ1) is 31.3. The van der Waals surface area contributed by atoms with Crippen LogP contribution < -0.4 is 28.0 Å². The Morgan fingerprint density at radius 3 is 2.34 bits per heavy atom. The van der Waals surface area contributed by atoms with E-state index < -0.39 is 11.7 Å². The number of benzene rings is 3. The summed E-state index contributed by atoms with van der Waals surface area (Å²) in [6, 6.07) is 18.3. The Bertz CT molecular complexity index is 2750. The number of halogens is 1. The van der Waals surface area contributed by atoms with Gasteiger partial charge in [-0.05, 0) is 126 Å². The lowest BCUT2D eigenvalue weighted by Gasteiger charge is -2.32. The molecule has 0 radical (unpaired) electrons. The second kappa shape index (κ2) is 19.3. The number of nitrogens with one attached hydrogen (secondary N) is 2. The summed E-state index contributed by atoms with van der Waals surface area (Å²) in [5.41, 5.74) is 19.8. The van der Waals surface area contributed by atoms with Gasteiger partial charge in [0.2, 0.25) is 6.41 Å². The number of ether oxygens (including phenoxy) is 1. The van der Waals surface area contributed by atoms with Gasteiger partial charge in [0, 0.05) is 59.7 Å². The van der Waals surface area contributed by atoms with E-state index in [9.17, 15) is 18.8 Å². The Hall–Kier alpha value is -6.49. The van der Waals surface area contributed by atoms with E-state index in [1.165, 1.54) is 41.7 Å². The molecular formula is C49H61FN10O5. The molecule has 0 bridgehead atoms. The highest BCUT2D eigenvalue weighted by atomic mass is 19.1. The van der Waals surface area contributed by atoms with Crippen LogP contribution >= 0.6 is 0 Å². The summed E-state index contributed by atoms with van der Waals surface area (Å²) in [5, 5.41) is 8.71. The average Bonchev–Trinajstić information content (AvgIpc) is 3.66. The van der Waals surface area contributed by atoms with Crippen molar-refractivity contribution in [2.75, 3.05) is 26.0 Å². The second-order valence-corrected chi connectivity index (χ2v) is 17.2. The number of anilines is 1. The molecule has 9 rings (SSSR count). The number of nitrogens with zero attached hydrogens (tertiary/aromatic N) is 6. The number of aryl methyl sites for hydroxylation is 2. The number of nitrogens with two attached hydrogens (primary N) is 2. The third kappa shape index (κ3) is 9.10. The zero-order chi connectivity index (χ0) is 46.6. The third-order valence-corrected chi connectivity index (χ3v) is 12.4. The maximum Gasteiger partial charge on any atom is 0.338 e. The summed E-state index contributed by atoms with van der Waals surface area (Å²) in [6.07, 6.45) is 12.0. The van der Waals surface area contributed by atoms with Crippen LogP contribution in [0.2, 0.25) is 0 Å². The van der Waals surface area contributed by atoms with Crippen LogP contribution in [0.5, 0.6) is 0 Å². The van der Waals surface area contributed by atoms with Crippen molar-refractivity contribution >= 4 is 35.0 Å². The average molecular weight is 889 g/mol. The van der Waals surface area contributed by atoms with Crippen LogP contribution in [-0.2, 0) is 32.9 Å². The minimum absolute atomic E-state index is 0.147. The first kappa shape index (κ1) is 46.5. The number of fused-ring (bicyclic) bond motifs is 2. The Balaban J connectivity index is 0.000000564. The quantitative estimate of drug-likeness (QED) is 0.0464.